The summed E-state index contributed by atoms with van der Waals surface area (Å²) in [6.07, 6.45) is 4.97. The van der Waals surface area contributed by atoms with Crippen molar-refractivity contribution in [1.82, 2.24) is 4.37 Å². The van der Waals surface area contributed by atoms with Gasteiger partial charge < -0.3 is 5.32 Å². The number of hydrogen-bond donors (Lipinski definition) is 1. The van der Waals surface area contributed by atoms with Crippen LogP contribution in [0.3, 0.4) is 0 Å². The Labute approximate surface area is 107 Å². The molecule has 0 atom stereocenters. The number of ketones is 1. The van der Waals surface area contributed by atoms with Gasteiger partial charge in [0.25, 0.3) is 0 Å². The molecule has 3 nitrogen and oxygen atoms in total. The van der Waals surface area contributed by atoms with E-state index in [0.29, 0.717) is 6.04 Å². The van der Waals surface area contributed by atoms with E-state index in [1.165, 1.54) is 37.2 Å². The third kappa shape index (κ3) is 2.86. The summed E-state index contributed by atoms with van der Waals surface area (Å²) in [6.45, 7) is 5.83. The maximum absolute atomic E-state index is 11.6. The summed E-state index contributed by atoms with van der Waals surface area (Å²) in [4.78, 5) is 11.6. The first-order valence-electron chi connectivity index (χ1n) is 6.31. The number of aromatic nitrogens is 1. The highest BCUT2D eigenvalue weighted by atomic mass is 32.1. The first-order chi connectivity index (χ1) is 8.08. The van der Waals surface area contributed by atoms with Crippen molar-refractivity contribution < 1.29 is 4.79 Å². The summed E-state index contributed by atoms with van der Waals surface area (Å²) in [5.74, 6) is 0.964. The largest absolute Gasteiger partial charge is 0.372 e. The van der Waals surface area contributed by atoms with Crippen molar-refractivity contribution in [2.24, 2.45) is 5.92 Å². The van der Waals surface area contributed by atoms with Crippen LogP contribution in [0.5, 0.6) is 0 Å². The zero-order valence-corrected chi connectivity index (χ0v) is 11.6. The molecule has 1 saturated carbocycles. The standard InChI is InChI=1S/C13H20N2OS/c1-8-4-6-11(7-5-8)14-13-12(10(3)16)9(2)15-17-13/h8,11,14H,4-7H2,1-3H3. The van der Waals surface area contributed by atoms with Crippen molar-refractivity contribution in [3.05, 3.63) is 11.3 Å². The second-order valence-electron chi connectivity index (χ2n) is 5.13. The summed E-state index contributed by atoms with van der Waals surface area (Å²) < 4.78 is 4.28. The van der Waals surface area contributed by atoms with Gasteiger partial charge in [-0.05, 0) is 57.0 Å². The Morgan fingerprint density at radius 2 is 2.00 bits per heavy atom. The quantitative estimate of drug-likeness (QED) is 0.835. The highest BCUT2D eigenvalue weighted by Crippen LogP contribution is 2.30. The minimum absolute atomic E-state index is 0.114. The monoisotopic (exact) mass is 252 g/mol. The van der Waals surface area contributed by atoms with E-state index in [2.05, 4.69) is 16.6 Å². The molecule has 94 valence electrons. The lowest BCUT2D eigenvalue weighted by Gasteiger charge is -2.27. The molecular weight excluding hydrogens is 232 g/mol. The fraction of sp³-hybridized carbons (Fsp3) is 0.692. The van der Waals surface area contributed by atoms with Crippen LogP contribution in [0.25, 0.3) is 0 Å². The molecule has 1 heterocycles. The summed E-state index contributed by atoms with van der Waals surface area (Å²) in [5.41, 5.74) is 1.64. The normalized spacial score (nSPS) is 24.6. The predicted molar refractivity (Wildman–Crippen MR) is 71.9 cm³/mol. The van der Waals surface area contributed by atoms with Gasteiger partial charge in [-0.3, -0.25) is 4.79 Å². The zero-order chi connectivity index (χ0) is 12.4. The smallest absolute Gasteiger partial charge is 0.164 e. The van der Waals surface area contributed by atoms with Crippen LogP contribution in [0.4, 0.5) is 5.00 Å². The van der Waals surface area contributed by atoms with E-state index in [4.69, 9.17) is 0 Å². The van der Waals surface area contributed by atoms with E-state index >= 15 is 0 Å². The average molecular weight is 252 g/mol. The van der Waals surface area contributed by atoms with Gasteiger partial charge in [-0.25, -0.2) is 0 Å². The topological polar surface area (TPSA) is 42.0 Å². The first-order valence-corrected chi connectivity index (χ1v) is 7.09. The molecule has 1 N–H and O–H groups in total. The highest BCUT2D eigenvalue weighted by Gasteiger charge is 2.21. The molecule has 1 aromatic heterocycles. The van der Waals surface area contributed by atoms with Gasteiger partial charge in [-0.15, -0.1) is 0 Å². The molecule has 0 saturated heterocycles. The van der Waals surface area contributed by atoms with E-state index in [1.54, 1.807) is 6.92 Å². The molecule has 0 spiro atoms. The average Bonchev–Trinajstić information content (AvgIpc) is 2.63. The number of Topliss-reactive ketones (excluding diaryl/α,β-unsaturated/α-hetero) is 1. The fourth-order valence-electron chi connectivity index (χ4n) is 2.47. The van der Waals surface area contributed by atoms with Crippen LogP contribution in [-0.2, 0) is 0 Å². The molecule has 2 rings (SSSR count). The van der Waals surface area contributed by atoms with Gasteiger partial charge in [0.1, 0.15) is 5.00 Å². The minimum Gasteiger partial charge on any atom is -0.372 e. The lowest BCUT2D eigenvalue weighted by atomic mass is 9.87. The van der Waals surface area contributed by atoms with Crippen molar-refractivity contribution >= 4 is 22.3 Å². The van der Waals surface area contributed by atoms with Crippen LogP contribution in [0.1, 0.15) is 55.6 Å². The molecule has 0 radical (unpaired) electrons. The SMILES string of the molecule is CC(=O)c1c(C)nsc1NC1CCC(C)CC1. The van der Waals surface area contributed by atoms with Gasteiger partial charge in [-0.2, -0.15) is 4.37 Å². The van der Waals surface area contributed by atoms with Crippen LogP contribution in [0.2, 0.25) is 0 Å². The van der Waals surface area contributed by atoms with Gasteiger partial charge in [0.2, 0.25) is 0 Å². The maximum Gasteiger partial charge on any atom is 0.164 e. The summed E-state index contributed by atoms with van der Waals surface area (Å²) >= 11 is 1.42. The molecule has 0 aliphatic heterocycles. The Morgan fingerprint density at radius 3 is 2.59 bits per heavy atom. The van der Waals surface area contributed by atoms with Gasteiger partial charge in [0.05, 0.1) is 11.3 Å². The molecule has 4 heteroatoms. The summed E-state index contributed by atoms with van der Waals surface area (Å²) in [6, 6.07) is 0.518. The molecule has 1 aliphatic carbocycles. The lowest BCUT2D eigenvalue weighted by Crippen LogP contribution is -2.25. The van der Waals surface area contributed by atoms with Gasteiger partial charge in [0, 0.05) is 6.04 Å². The summed E-state index contributed by atoms with van der Waals surface area (Å²) in [7, 11) is 0. The van der Waals surface area contributed by atoms with Crippen molar-refractivity contribution in [2.75, 3.05) is 5.32 Å². The number of carbonyl (C=O) groups excluding carboxylic acids is 1. The molecular formula is C13H20N2OS. The molecule has 1 aromatic rings. The molecule has 0 aromatic carbocycles. The number of rotatable bonds is 3. The van der Waals surface area contributed by atoms with E-state index in [1.807, 2.05) is 6.92 Å². The first kappa shape index (κ1) is 12.6. The zero-order valence-electron chi connectivity index (χ0n) is 10.7. The van der Waals surface area contributed by atoms with Gasteiger partial charge >= 0.3 is 0 Å². The number of nitrogens with one attached hydrogen (secondary N) is 1. The molecule has 0 bridgehead atoms. The molecule has 1 aliphatic rings. The van der Waals surface area contributed by atoms with Crippen molar-refractivity contribution in [3.63, 3.8) is 0 Å². The van der Waals surface area contributed by atoms with Crippen LogP contribution in [0, 0.1) is 12.8 Å². The third-order valence-electron chi connectivity index (χ3n) is 3.57. The highest BCUT2D eigenvalue weighted by molar-refractivity contribution is 7.10. The lowest BCUT2D eigenvalue weighted by molar-refractivity contribution is 0.101. The Balaban J connectivity index is 2.06. The Hall–Kier alpha value is -0.900. The van der Waals surface area contributed by atoms with E-state index in [0.717, 1.165) is 22.2 Å². The fourth-order valence-corrected chi connectivity index (χ4v) is 3.39. The number of anilines is 1. The molecule has 1 fully saturated rings. The van der Waals surface area contributed by atoms with Gasteiger partial charge in [0.15, 0.2) is 5.78 Å². The second kappa shape index (κ2) is 5.17. The summed E-state index contributed by atoms with van der Waals surface area (Å²) in [5, 5.41) is 4.47. The van der Waals surface area contributed by atoms with Gasteiger partial charge in [-0.1, -0.05) is 6.92 Å². The van der Waals surface area contributed by atoms with Crippen molar-refractivity contribution in [1.29, 1.82) is 0 Å². The third-order valence-corrected chi connectivity index (χ3v) is 4.44. The van der Waals surface area contributed by atoms with Crippen LogP contribution in [0.15, 0.2) is 0 Å². The van der Waals surface area contributed by atoms with Crippen LogP contribution in [-0.4, -0.2) is 16.2 Å². The molecule has 17 heavy (non-hydrogen) atoms. The minimum atomic E-state index is 0.114. The maximum atomic E-state index is 11.6. The molecule has 0 amide bonds. The van der Waals surface area contributed by atoms with E-state index in [-0.39, 0.29) is 5.78 Å². The second-order valence-corrected chi connectivity index (χ2v) is 5.90. The van der Waals surface area contributed by atoms with E-state index < -0.39 is 0 Å². The Bertz CT molecular complexity index is 406. The van der Waals surface area contributed by atoms with Crippen molar-refractivity contribution in [3.8, 4) is 0 Å². The van der Waals surface area contributed by atoms with Crippen molar-refractivity contribution in [2.45, 2.75) is 52.5 Å². The Kier molecular flexibility index (Phi) is 3.82. The van der Waals surface area contributed by atoms with E-state index in [9.17, 15) is 4.79 Å². The number of carbonyl (C=O) groups is 1. The molecule has 0 unspecified atom stereocenters. The number of aryl methyl sites for hydroxylation is 1. The predicted octanol–water partition coefficient (Wildman–Crippen LogP) is 3.64. The van der Waals surface area contributed by atoms with Crippen LogP contribution < -0.4 is 5.32 Å². The number of hydrogen-bond acceptors (Lipinski definition) is 4. The number of nitrogens with zero attached hydrogens (tertiary/aromatic N) is 1. The van der Waals surface area contributed by atoms with Crippen LogP contribution >= 0.6 is 11.5 Å². The Morgan fingerprint density at radius 1 is 1.35 bits per heavy atom.